The molecule has 4 aromatic rings. The van der Waals surface area contributed by atoms with Gasteiger partial charge in [-0.15, -0.1) is 11.3 Å². The summed E-state index contributed by atoms with van der Waals surface area (Å²) in [5.41, 5.74) is 3.54. The van der Waals surface area contributed by atoms with Gasteiger partial charge in [0.15, 0.2) is 0 Å². The van der Waals surface area contributed by atoms with Crippen LogP contribution in [-0.4, -0.2) is 58.6 Å². The van der Waals surface area contributed by atoms with E-state index in [4.69, 9.17) is 32.9 Å². The van der Waals surface area contributed by atoms with Gasteiger partial charge in [-0.2, -0.15) is 0 Å². The summed E-state index contributed by atoms with van der Waals surface area (Å²) in [6, 6.07) is 18.7. The first-order valence-corrected chi connectivity index (χ1v) is 14.6. The molecule has 0 bridgehead atoms. The van der Waals surface area contributed by atoms with E-state index in [9.17, 15) is 9.59 Å². The molecule has 1 N–H and O–H groups in total. The second-order valence-electron chi connectivity index (χ2n) is 10.7. The van der Waals surface area contributed by atoms with Crippen LogP contribution in [0.3, 0.4) is 0 Å². The first-order chi connectivity index (χ1) is 19.1. The van der Waals surface area contributed by atoms with E-state index in [1.807, 2.05) is 51.1 Å². The van der Waals surface area contributed by atoms with Gasteiger partial charge in [-0.3, -0.25) is 9.69 Å². The molecule has 0 unspecified atom stereocenters. The molecular formula is C30H30Cl2N4O3S. The van der Waals surface area contributed by atoms with Crippen LogP contribution in [-0.2, 0) is 11.3 Å². The molecule has 0 radical (unpaired) electrons. The van der Waals surface area contributed by atoms with Crippen molar-refractivity contribution in [1.82, 2.24) is 14.8 Å². The average Bonchev–Trinajstić information content (AvgIpc) is 3.33. The highest BCUT2D eigenvalue weighted by Crippen LogP contribution is 2.35. The first-order valence-electron chi connectivity index (χ1n) is 13.0. The third kappa shape index (κ3) is 6.75. The third-order valence-corrected chi connectivity index (χ3v) is 8.26. The maximum absolute atomic E-state index is 12.9. The largest absolute Gasteiger partial charge is 0.444 e. The molecule has 1 aliphatic heterocycles. The number of rotatable bonds is 5. The molecule has 208 valence electrons. The molecule has 1 aromatic heterocycles. The average molecular weight is 598 g/mol. The highest BCUT2D eigenvalue weighted by molar-refractivity contribution is 7.21. The number of carbonyl (C=O) groups is 2. The molecule has 1 aliphatic rings. The molecule has 1 saturated heterocycles. The molecule has 0 aliphatic carbocycles. The number of amides is 2. The summed E-state index contributed by atoms with van der Waals surface area (Å²) in [6.45, 7) is 9.31. The number of nitrogens with one attached hydrogen (secondary N) is 1. The van der Waals surface area contributed by atoms with Crippen molar-refractivity contribution in [3.63, 3.8) is 0 Å². The Hall–Kier alpha value is -3.17. The van der Waals surface area contributed by atoms with Gasteiger partial charge in [0.25, 0.3) is 5.91 Å². The highest BCUT2D eigenvalue weighted by atomic mass is 35.5. The summed E-state index contributed by atoms with van der Waals surface area (Å²) in [5, 5.41) is 4.54. The molecule has 40 heavy (non-hydrogen) atoms. The van der Waals surface area contributed by atoms with Crippen LogP contribution >= 0.6 is 34.5 Å². The van der Waals surface area contributed by atoms with Crippen LogP contribution in [0, 0.1) is 0 Å². The fourth-order valence-electron chi connectivity index (χ4n) is 4.47. The molecular weight excluding hydrogens is 567 g/mol. The molecule has 7 nitrogen and oxygen atoms in total. The molecule has 3 aromatic carbocycles. The molecule has 0 saturated carbocycles. The number of anilines is 1. The quantitative estimate of drug-likeness (QED) is 0.257. The van der Waals surface area contributed by atoms with E-state index in [1.165, 1.54) is 5.56 Å². The van der Waals surface area contributed by atoms with Crippen molar-refractivity contribution in [2.45, 2.75) is 32.9 Å². The van der Waals surface area contributed by atoms with Crippen LogP contribution < -0.4 is 5.32 Å². The Morgan fingerprint density at radius 3 is 2.45 bits per heavy atom. The van der Waals surface area contributed by atoms with E-state index in [-0.39, 0.29) is 12.0 Å². The summed E-state index contributed by atoms with van der Waals surface area (Å²) in [4.78, 5) is 34.3. The lowest BCUT2D eigenvalue weighted by molar-refractivity contribution is 0.0139. The molecule has 1 fully saturated rings. The van der Waals surface area contributed by atoms with E-state index in [0.717, 1.165) is 40.4 Å². The van der Waals surface area contributed by atoms with Crippen molar-refractivity contribution in [1.29, 1.82) is 0 Å². The van der Waals surface area contributed by atoms with Crippen LogP contribution in [0.2, 0.25) is 10.0 Å². The lowest BCUT2D eigenvalue weighted by atomic mass is 10.1. The van der Waals surface area contributed by atoms with Crippen molar-refractivity contribution in [2.75, 3.05) is 31.5 Å². The number of halogens is 2. The zero-order valence-electron chi connectivity index (χ0n) is 22.5. The number of hydrogen-bond acceptors (Lipinski definition) is 6. The van der Waals surface area contributed by atoms with Crippen molar-refractivity contribution >= 4 is 62.4 Å². The fraction of sp³-hybridized carbons (Fsp3) is 0.300. The Morgan fingerprint density at radius 1 is 0.975 bits per heavy atom. The summed E-state index contributed by atoms with van der Waals surface area (Å²) in [5.74, 6) is -0.277. The van der Waals surface area contributed by atoms with Crippen molar-refractivity contribution < 1.29 is 14.3 Å². The monoisotopic (exact) mass is 596 g/mol. The molecule has 0 spiro atoms. The standard InChI is InChI=1S/C30H30Cl2N4O3S/c1-30(2,3)39-29(38)36-14-12-35(13-15-36)18-19-8-11-25-26(16-19)40-28(34-25)21-6-4-5-7-24(21)33-27(37)20-9-10-22(31)23(32)17-20/h4-11,16-17H,12-15,18H2,1-3H3,(H,33,37). The number of hydrogen-bond donors (Lipinski definition) is 1. The van der Waals surface area contributed by atoms with Crippen molar-refractivity contribution in [2.24, 2.45) is 0 Å². The lowest BCUT2D eigenvalue weighted by Crippen LogP contribution is -2.49. The zero-order valence-corrected chi connectivity index (χ0v) is 24.9. The fourth-order valence-corrected chi connectivity index (χ4v) is 5.83. The normalized spacial score (nSPS) is 14.4. The SMILES string of the molecule is CC(C)(C)OC(=O)N1CCN(Cc2ccc3nc(-c4ccccc4NC(=O)c4ccc(Cl)c(Cl)c4)sc3c2)CC1. The molecule has 2 amide bonds. The summed E-state index contributed by atoms with van der Waals surface area (Å²) in [7, 11) is 0. The minimum absolute atomic E-state index is 0.251. The van der Waals surface area contributed by atoms with Crippen LogP contribution in [0.25, 0.3) is 20.8 Å². The number of para-hydroxylation sites is 1. The predicted octanol–water partition coefficient (Wildman–Crippen LogP) is 7.58. The molecule has 5 rings (SSSR count). The minimum Gasteiger partial charge on any atom is -0.444 e. The number of benzene rings is 3. The maximum Gasteiger partial charge on any atom is 0.410 e. The van der Waals surface area contributed by atoms with Gasteiger partial charge in [-0.25, -0.2) is 9.78 Å². The highest BCUT2D eigenvalue weighted by Gasteiger charge is 2.26. The van der Waals surface area contributed by atoms with E-state index < -0.39 is 5.60 Å². The van der Waals surface area contributed by atoms with Gasteiger partial charge in [0.1, 0.15) is 10.6 Å². The van der Waals surface area contributed by atoms with Gasteiger partial charge in [0, 0.05) is 43.9 Å². The van der Waals surface area contributed by atoms with Crippen LogP contribution in [0.1, 0.15) is 36.7 Å². The van der Waals surface area contributed by atoms with Gasteiger partial charge in [-0.05, 0) is 68.8 Å². The first kappa shape index (κ1) is 28.4. The Morgan fingerprint density at radius 2 is 1.73 bits per heavy atom. The molecule has 2 heterocycles. The van der Waals surface area contributed by atoms with Gasteiger partial charge in [-0.1, -0.05) is 41.4 Å². The van der Waals surface area contributed by atoms with Gasteiger partial charge in [0.05, 0.1) is 25.9 Å². The molecule has 10 heteroatoms. The van der Waals surface area contributed by atoms with Crippen LogP contribution in [0.15, 0.2) is 60.7 Å². The van der Waals surface area contributed by atoms with Crippen molar-refractivity contribution in [3.05, 3.63) is 81.8 Å². The van der Waals surface area contributed by atoms with Crippen molar-refractivity contribution in [3.8, 4) is 10.6 Å². The second kappa shape index (κ2) is 11.7. The van der Waals surface area contributed by atoms with E-state index in [0.29, 0.717) is 34.4 Å². The van der Waals surface area contributed by atoms with Gasteiger partial charge < -0.3 is 15.0 Å². The second-order valence-corrected chi connectivity index (χ2v) is 12.5. The Labute approximate surface area is 247 Å². The minimum atomic E-state index is -0.492. The maximum atomic E-state index is 12.9. The Kier molecular flexibility index (Phi) is 8.33. The number of aromatic nitrogens is 1. The number of piperazine rings is 1. The summed E-state index contributed by atoms with van der Waals surface area (Å²) in [6.07, 6.45) is -0.251. The predicted molar refractivity (Wildman–Crippen MR) is 163 cm³/mol. The summed E-state index contributed by atoms with van der Waals surface area (Å²) >= 11 is 13.7. The molecule has 0 atom stereocenters. The van der Waals surface area contributed by atoms with Crippen LogP contribution in [0.4, 0.5) is 10.5 Å². The smallest absolute Gasteiger partial charge is 0.410 e. The van der Waals surface area contributed by atoms with Gasteiger partial charge in [0.2, 0.25) is 0 Å². The zero-order chi connectivity index (χ0) is 28.4. The van der Waals surface area contributed by atoms with E-state index >= 15 is 0 Å². The van der Waals surface area contributed by atoms with Gasteiger partial charge >= 0.3 is 6.09 Å². The summed E-state index contributed by atoms with van der Waals surface area (Å²) < 4.78 is 6.58. The van der Waals surface area contributed by atoms with E-state index in [2.05, 4.69) is 22.3 Å². The topological polar surface area (TPSA) is 74.8 Å². The number of carbonyl (C=O) groups excluding carboxylic acids is 2. The Balaban J connectivity index is 1.27. The van der Waals surface area contributed by atoms with E-state index in [1.54, 1.807) is 34.4 Å². The number of fused-ring (bicyclic) bond motifs is 1. The Bertz CT molecular complexity index is 1560. The number of ether oxygens (including phenoxy) is 1. The lowest BCUT2D eigenvalue weighted by Gasteiger charge is -2.35. The number of thiazole rings is 1. The number of nitrogens with zero attached hydrogens (tertiary/aromatic N) is 3. The van der Waals surface area contributed by atoms with Crippen LogP contribution in [0.5, 0.6) is 0 Å². The third-order valence-electron chi connectivity index (χ3n) is 6.47.